The summed E-state index contributed by atoms with van der Waals surface area (Å²) in [7, 11) is 0. The van der Waals surface area contributed by atoms with Crippen LogP contribution in [-0.2, 0) is 9.59 Å². The van der Waals surface area contributed by atoms with Crippen LogP contribution in [-0.4, -0.2) is 59.5 Å². The lowest BCUT2D eigenvalue weighted by Gasteiger charge is -2.38. The van der Waals surface area contributed by atoms with E-state index in [0.717, 1.165) is 19.6 Å². The molecule has 0 atom stereocenters. The van der Waals surface area contributed by atoms with Gasteiger partial charge in [-0.2, -0.15) is 0 Å². The zero-order chi connectivity index (χ0) is 12.3. The van der Waals surface area contributed by atoms with Crippen LogP contribution in [0, 0.1) is 5.92 Å². The summed E-state index contributed by atoms with van der Waals surface area (Å²) in [5, 5.41) is 8.61. The van der Waals surface area contributed by atoms with E-state index in [2.05, 4.69) is 4.90 Å². The quantitative estimate of drug-likeness (QED) is 0.756. The van der Waals surface area contributed by atoms with Crippen molar-refractivity contribution in [3.63, 3.8) is 0 Å². The molecule has 1 N–H and O–H groups in total. The van der Waals surface area contributed by atoms with E-state index in [1.54, 1.807) is 4.90 Å². The van der Waals surface area contributed by atoms with E-state index in [1.165, 1.54) is 12.8 Å². The Labute approximate surface area is 101 Å². The Bertz CT molecular complexity index is 294. The molecule has 0 aromatic rings. The van der Waals surface area contributed by atoms with E-state index in [1.807, 2.05) is 0 Å². The number of likely N-dealkylation sites (tertiary alicyclic amines) is 2. The first-order valence-corrected chi connectivity index (χ1v) is 6.37. The molecule has 5 heteroatoms. The van der Waals surface area contributed by atoms with E-state index < -0.39 is 5.97 Å². The van der Waals surface area contributed by atoms with Crippen LogP contribution in [0.2, 0.25) is 0 Å². The lowest BCUT2D eigenvalue weighted by Crippen LogP contribution is -2.51. The maximum absolute atomic E-state index is 11.8. The second-order valence-electron chi connectivity index (χ2n) is 5.06. The number of hydrogen-bond donors (Lipinski definition) is 1. The Balaban J connectivity index is 1.60. The van der Waals surface area contributed by atoms with E-state index >= 15 is 0 Å². The molecular weight excluding hydrogens is 220 g/mol. The molecule has 0 unspecified atom stereocenters. The normalized spacial score (nSPS) is 21.5. The van der Waals surface area contributed by atoms with Crippen LogP contribution in [0.4, 0.5) is 0 Å². The Morgan fingerprint density at radius 1 is 1.18 bits per heavy atom. The van der Waals surface area contributed by atoms with Crippen LogP contribution in [0.15, 0.2) is 0 Å². The van der Waals surface area contributed by atoms with Crippen LogP contribution in [0.3, 0.4) is 0 Å². The number of nitrogens with zero attached hydrogens (tertiary/aromatic N) is 2. The molecule has 0 saturated carbocycles. The smallest absolute Gasteiger partial charge is 0.303 e. The summed E-state index contributed by atoms with van der Waals surface area (Å²) in [4.78, 5) is 26.3. The minimum Gasteiger partial charge on any atom is -0.481 e. The summed E-state index contributed by atoms with van der Waals surface area (Å²) in [5.41, 5.74) is 0. The average Bonchev–Trinajstić information content (AvgIpc) is 2.71. The van der Waals surface area contributed by atoms with Crippen molar-refractivity contribution in [2.75, 3.05) is 32.7 Å². The van der Waals surface area contributed by atoms with Gasteiger partial charge in [0.05, 0.1) is 6.42 Å². The highest BCUT2D eigenvalue weighted by Gasteiger charge is 2.31. The van der Waals surface area contributed by atoms with Crippen LogP contribution in [0.25, 0.3) is 0 Å². The minimum absolute atomic E-state index is 0.170. The van der Waals surface area contributed by atoms with Gasteiger partial charge in [-0.15, -0.1) is 0 Å². The molecule has 2 aliphatic heterocycles. The summed E-state index contributed by atoms with van der Waals surface area (Å²) in [6, 6.07) is 0. The molecule has 1 amide bonds. The number of carbonyl (C=O) groups is 2. The van der Waals surface area contributed by atoms with Gasteiger partial charge < -0.3 is 14.9 Å². The first kappa shape index (κ1) is 12.4. The zero-order valence-electron chi connectivity index (χ0n) is 10.1. The van der Waals surface area contributed by atoms with Crippen molar-refractivity contribution in [2.24, 2.45) is 5.92 Å². The number of carboxylic acid groups (broad SMARTS) is 1. The van der Waals surface area contributed by atoms with Crippen LogP contribution in [0.1, 0.15) is 25.7 Å². The summed E-state index contributed by atoms with van der Waals surface area (Å²) in [6.45, 7) is 4.36. The molecule has 2 rings (SSSR count). The van der Waals surface area contributed by atoms with E-state index in [-0.39, 0.29) is 18.2 Å². The first-order valence-electron chi connectivity index (χ1n) is 6.37. The van der Waals surface area contributed by atoms with Gasteiger partial charge in [0.25, 0.3) is 0 Å². The van der Waals surface area contributed by atoms with Crippen molar-refractivity contribution >= 4 is 11.9 Å². The molecule has 2 heterocycles. The van der Waals surface area contributed by atoms with Crippen molar-refractivity contribution < 1.29 is 14.7 Å². The topological polar surface area (TPSA) is 60.9 Å². The fraction of sp³-hybridized carbons (Fsp3) is 0.833. The van der Waals surface area contributed by atoms with Gasteiger partial charge >= 0.3 is 5.97 Å². The van der Waals surface area contributed by atoms with Crippen molar-refractivity contribution in [3.05, 3.63) is 0 Å². The average molecular weight is 240 g/mol. The molecule has 0 aromatic carbocycles. The number of carboxylic acids is 1. The maximum Gasteiger partial charge on any atom is 0.303 e. The van der Waals surface area contributed by atoms with Crippen molar-refractivity contribution in [2.45, 2.75) is 25.7 Å². The van der Waals surface area contributed by atoms with Gasteiger partial charge in [0.1, 0.15) is 0 Å². The predicted octanol–water partition coefficient (Wildman–Crippen LogP) is 0.405. The largest absolute Gasteiger partial charge is 0.481 e. The molecule has 2 aliphatic rings. The first-order chi connectivity index (χ1) is 8.15. The lowest BCUT2D eigenvalue weighted by molar-refractivity contribution is -0.145. The zero-order valence-corrected chi connectivity index (χ0v) is 10.1. The Morgan fingerprint density at radius 3 is 2.41 bits per heavy atom. The predicted molar refractivity (Wildman–Crippen MR) is 62.6 cm³/mol. The monoisotopic (exact) mass is 240 g/mol. The molecule has 0 aliphatic carbocycles. The number of carbonyl (C=O) groups excluding carboxylic acids is 1. The van der Waals surface area contributed by atoms with Gasteiger partial charge in [-0.25, -0.2) is 0 Å². The molecule has 0 aromatic heterocycles. The van der Waals surface area contributed by atoms with Gasteiger partial charge in [-0.3, -0.25) is 9.59 Å². The Hall–Kier alpha value is -1.10. The van der Waals surface area contributed by atoms with E-state index in [0.29, 0.717) is 19.5 Å². The highest BCUT2D eigenvalue weighted by atomic mass is 16.4. The molecule has 0 spiro atoms. The fourth-order valence-corrected chi connectivity index (χ4v) is 2.57. The van der Waals surface area contributed by atoms with Gasteiger partial charge in [0.2, 0.25) is 5.91 Å². The highest BCUT2D eigenvalue weighted by molar-refractivity contribution is 5.77. The van der Waals surface area contributed by atoms with Gasteiger partial charge in [-0.05, 0) is 25.9 Å². The third-order valence-corrected chi connectivity index (χ3v) is 3.61. The Morgan fingerprint density at radius 2 is 1.82 bits per heavy atom. The molecule has 2 fully saturated rings. The summed E-state index contributed by atoms with van der Waals surface area (Å²) in [6.07, 6.45) is 3.27. The van der Waals surface area contributed by atoms with Crippen molar-refractivity contribution in [3.8, 4) is 0 Å². The molecule has 5 nitrogen and oxygen atoms in total. The fourth-order valence-electron chi connectivity index (χ4n) is 2.57. The molecule has 17 heavy (non-hydrogen) atoms. The van der Waals surface area contributed by atoms with E-state index in [9.17, 15) is 9.59 Å². The van der Waals surface area contributed by atoms with Crippen molar-refractivity contribution in [1.29, 1.82) is 0 Å². The summed E-state index contributed by atoms with van der Waals surface area (Å²) in [5.74, 6) is -0.416. The SMILES string of the molecule is O=C(O)CC1CN(C(=O)CCN2CCCC2)C1. The molecule has 96 valence electrons. The number of rotatable bonds is 5. The highest BCUT2D eigenvalue weighted by Crippen LogP contribution is 2.20. The second-order valence-corrected chi connectivity index (χ2v) is 5.06. The number of hydrogen-bond acceptors (Lipinski definition) is 3. The van der Waals surface area contributed by atoms with Crippen LogP contribution >= 0.6 is 0 Å². The van der Waals surface area contributed by atoms with Gasteiger partial charge in [0.15, 0.2) is 0 Å². The third kappa shape index (κ3) is 3.43. The summed E-state index contributed by atoms with van der Waals surface area (Å²) < 4.78 is 0. The Kier molecular flexibility index (Phi) is 3.99. The van der Waals surface area contributed by atoms with E-state index in [4.69, 9.17) is 5.11 Å². The number of amides is 1. The standard InChI is InChI=1S/C12H20N2O3/c15-11(3-6-13-4-1-2-5-13)14-8-10(9-14)7-12(16)17/h10H,1-9H2,(H,16,17). The molecule has 0 radical (unpaired) electrons. The van der Waals surface area contributed by atoms with Gasteiger partial charge in [0, 0.05) is 32.0 Å². The van der Waals surface area contributed by atoms with Crippen LogP contribution < -0.4 is 0 Å². The second kappa shape index (κ2) is 5.49. The summed E-state index contributed by atoms with van der Waals surface area (Å²) >= 11 is 0. The molecule has 2 saturated heterocycles. The molecule has 0 bridgehead atoms. The van der Waals surface area contributed by atoms with Crippen LogP contribution in [0.5, 0.6) is 0 Å². The van der Waals surface area contributed by atoms with Gasteiger partial charge in [-0.1, -0.05) is 0 Å². The third-order valence-electron chi connectivity index (χ3n) is 3.61. The van der Waals surface area contributed by atoms with Crippen molar-refractivity contribution in [1.82, 2.24) is 9.80 Å². The maximum atomic E-state index is 11.8. The lowest BCUT2D eigenvalue weighted by atomic mass is 9.96. The number of aliphatic carboxylic acids is 1. The molecular formula is C12H20N2O3. The minimum atomic E-state index is -0.765.